The van der Waals surface area contributed by atoms with E-state index in [0.29, 0.717) is 23.5 Å². The Balaban J connectivity index is 1.69. The van der Waals surface area contributed by atoms with Crippen LogP contribution in [0.5, 0.6) is 0 Å². The number of aromatic nitrogens is 5. The second kappa shape index (κ2) is 6.14. The van der Waals surface area contributed by atoms with Crippen molar-refractivity contribution >= 4 is 28.3 Å². The number of rotatable bonds is 4. The van der Waals surface area contributed by atoms with E-state index >= 15 is 0 Å². The maximum Gasteiger partial charge on any atom is 0.263 e. The molecule has 0 radical (unpaired) electrons. The monoisotopic (exact) mass is 352 g/mol. The zero-order valence-electron chi connectivity index (χ0n) is 13.8. The van der Waals surface area contributed by atoms with Gasteiger partial charge in [-0.15, -0.1) is 11.3 Å². The largest absolute Gasteiger partial charge is 0.349 e. The molecule has 3 heterocycles. The third kappa shape index (κ3) is 2.91. The van der Waals surface area contributed by atoms with Gasteiger partial charge in [-0.25, -0.2) is 9.67 Å². The summed E-state index contributed by atoms with van der Waals surface area (Å²) >= 11 is 1.63. The molecule has 4 aromatic rings. The van der Waals surface area contributed by atoms with Crippen molar-refractivity contribution in [3.8, 4) is 5.69 Å². The number of anilines is 1. The summed E-state index contributed by atoms with van der Waals surface area (Å²) in [5.41, 5.74) is 2.18. The Hall–Kier alpha value is -3.00. The Morgan fingerprint density at radius 1 is 1.20 bits per heavy atom. The highest BCUT2D eigenvalue weighted by Crippen LogP contribution is 2.18. The van der Waals surface area contributed by atoms with E-state index in [1.165, 1.54) is 11.1 Å². The molecule has 8 heteroatoms. The van der Waals surface area contributed by atoms with Crippen molar-refractivity contribution < 1.29 is 0 Å². The molecule has 0 unspecified atom stereocenters. The maximum absolute atomic E-state index is 12.3. The SMILES string of the molecule is Cc1nc(CNc2nc3c(cnn3-c3ccccc3)c(=O)[nH]2)sc1C. The molecule has 2 N–H and O–H groups in total. The summed E-state index contributed by atoms with van der Waals surface area (Å²) in [5.74, 6) is 0.403. The third-order valence-corrected chi connectivity index (χ3v) is 4.99. The van der Waals surface area contributed by atoms with Crippen LogP contribution in [0.4, 0.5) is 5.95 Å². The molecular weight excluding hydrogens is 336 g/mol. The first kappa shape index (κ1) is 15.5. The Kier molecular flexibility index (Phi) is 3.81. The molecule has 0 atom stereocenters. The molecule has 0 aliphatic carbocycles. The van der Waals surface area contributed by atoms with Gasteiger partial charge in [0.15, 0.2) is 5.65 Å². The number of aryl methyl sites for hydroxylation is 2. The van der Waals surface area contributed by atoms with Crippen molar-refractivity contribution in [2.45, 2.75) is 20.4 Å². The molecule has 0 spiro atoms. The lowest BCUT2D eigenvalue weighted by atomic mass is 10.3. The summed E-state index contributed by atoms with van der Waals surface area (Å²) in [6.07, 6.45) is 1.53. The van der Waals surface area contributed by atoms with Gasteiger partial charge < -0.3 is 5.32 Å². The predicted octanol–water partition coefficient (Wildman–Crippen LogP) is 2.79. The van der Waals surface area contributed by atoms with Gasteiger partial charge in [-0.3, -0.25) is 9.78 Å². The molecule has 0 amide bonds. The van der Waals surface area contributed by atoms with Gasteiger partial charge in [-0.1, -0.05) is 18.2 Å². The maximum atomic E-state index is 12.3. The minimum Gasteiger partial charge on any atom is -0.349 e. The minimum atomic E-state index is -0.221. The second-order valence-electron chi connectivity index (χ2n) is 5.65. The molecule has 0 aliphatic heterocycles. The van der Waals surface area contributed by atoms with Gasteiger partial charge in [-0.2, -0.15) is 10.1 Å². The molecule has 7 nitrogen and oxygen atoms in total. The molecular formula is C17H16N6OS. The van der Waals surface area contributed by atoms with Crippen molar-refractivity contribution in [3.05, 3.63) is 62.5 Å². The molecule has 3 aromatic heterocycles. The van der Waals surface area contributed by atoms with Gasteiger partial charge in [0.2, 0.25) is 5.95 Å². The second-order valence-corrected chi connectivity index (χ2v) is 6.93. The van der Waals surface area contributed by atoms with Crippen LogP contribution < -0.4 is 10.9 Å². The van der Waals surface area contributed by atoms with Crippen LogP contribution in [0.1, 0.15) is 15.6 Å². The van der Waals surface area contributed by atoms with Crippen molar-refractivity contribution in [1.29, 1.82) is 0 Å². The fourth-order valence-electron chi connectivity index (χ4n) is 2.53. The normalized spacial score (nSPS) is 11.1. The first-order valence-electron chi connectivity index (χ1n) is 7.82. The molecule has 25 heavy (non-hydrogen) atoms. The Morgan fingerprint density at radius 2 is 2.00 bits per heavy atom. The summed E-state index contributed by atoms with van der Waals surface area (Å²) in [5, 5.41) is 8.85. The van der Waals surface area contributed by atoms with Gasteiger partial charge in [0.05, 0.1) is 24.1 Å². The summed E-state index contributed by atoms with van der Waals surface area (Å²) in [7, 11) is 0. The lowest BCUT2D eigenvalue weighted by Crippen LogP contribution is -2.13. The van der Waals surface area contributed by atoms with Gasteiger partial charge in [0.25, 0.3) is 5.56 Å². The molecule has 0 aliphatic rings. The van der Waals surface area contributed by atoms with E-state index in [1.54, 1.807) is 16.0 Å². The summed E-state index contributed by atoms with van der Waals surface area (Å²) in [6, 6.07) is 9.61. The molecule has 0 saturated carbocycles. The van der Waals surface area contributed by atoms with E-state index in [1.807, 2.05) is 44.2 Å². The number of aromatic amines is 1. The first-order chi connectivity index (χ1) is 12.1. The molecule has 0 saturated heterocycles. The van der Waals surface area contributed by atoms with Crippen molar-refractivity contribution in [3.63, 3.8) is 0 Å². The van der Waals surface area contributed by atoms with Crippen LogP contribution in [0.3, 0.4) is 0 Å². The van der Waals surface area contributed by atoms with Crippen molar-refractivity contribution in [1.82, 2.24) is 24.7 Å². The average molecular weight is 352 g/mol. The lowest BCUT2D eigenvalue weighted by Gasteiger charge is -2.05. The Bertz CT molecular complexity index is 1080. The number of benzene rings is 1. The Morgan fingerprint density at radius 3 is 2.72 bits per heavy atom. The zero-order chi connectivity index (χ0) is 17.4. The zero-order valence-corrected chi connectivity index (χ0v) is 14.6. The third-order valence-electron chi connectivity index (χ3n) is 3.92. The number of nitrogens with one attached hydrogen (secondary N) is 2. The number of hydrogen-bond acceptors (Lipinski definition) is 6. The lowest BCUT2D eigenvalue weighted by molar-refractivity contribution is 0.893. The smallest absolute Gasteiger partial charge is 0.263 e. The topological polar surface area (TPSA) is 88.5 Å². The highest BCUT2D eigenvalue weighted by molar-refractivity contribution is 7.11. The number of fused-ring (bicyclic) bond motifs is 1. The van der Waals surface area contributed by atoms with Crippen LogP contribution in [0.15, 0.2) is 41.3 Å². The van der Waals surface area contributed by atoms with Crippen molar-refractivity contribution in [2.75, 3.05) is 5.32 Å². The minimum absolute atomic E-state index is 0.221. The molecule has 0 fully saturated rings. The van der Waals surface area contributed by atoms with Crippen molar-refractivity contribution in [2.24, 2.45) is 0 Å². The van der Waals surface area contributed by atoms with Gasteiger partial charge in [-0.05, 0) is 26.0 Å². The summed E-state index contributed by atoms with van der Waals surface area (Å²) in [6.45, 7) is 4.54. The van der Waals surface area contributed by atoms with E-state index in [9.17, 15) is 4.79 Å². The number of thiazole rings is 1. The predicted molar refractivity (Wildman–Crippen MR) is 98.4 cm³/mol. The fraction of sp³-hybridized carbons (Fsp3) is 0.176. The van der Waals surface area contributed by atoms with Crippen LogP contribution in [0, 0.1) is 13.8 Å². The van der Waals surface area contributed by atoms with Crippen LogP contribution in [-0.2, 0) is 6.54 Å². The number of H-pyrrole nitrogens is 1. The van der Waals surface area contributed by atoms with Crippen LogP contribution in [0.25, 0.3) is 16.7 Å². The molecule has 0 bridgehead atoms. The highest BCUT2D eigenvalue weighted by Gasteiger charge is 2.12. The number of hydrogen-bond donors (Lipinski definition) is 2. The van der Waals surface area contributed by atoms with E-state index in [2.05, 4.69) is 25.4 Å². The summed E-state index contributed by atoms with van der Waals surface area (Å²) in [4.78, 5) is 25.3. The average Bonchev–Trinajstić information content (AvgIpc) is 3.18. The molecule has 126 valence electrons. The fourth-order valence-corrected chi connectivity index (χ4v) is 3.41. The van der Waals surface area contributed by atoms with E-state index in [4.69, 9.17) is 0 Å². The van der Waals surface area contributed by atoms with Gasteiger partial charge in [0, 0.05) is 4.88 Å². The van der Waals surface area contributed by atoms with Crippen LogP contribution in [0.2, 0.25) is 0 Å². The quantitative estimate of drug-likeness (QED) is 0.590. The number of para-hydroxylation sites is 1. The van der Waals surface area contributed by atoms with E-state index in [-0.39, 0.29) is 5.56 Å². The molecule has 4 rings (SSSR count). The summed E-state index contributed by atoms with van der Waals surface area (Å²) < 4.78 is 1.66. The van der Waals surface area contributed by atoms with E-state index in [0.717, 1.165) is 16.4 Å². The van der Waals surface area contributed by atoms with Gasteiger partial charge >= 0.3 is 0 Å². The van der Waals surface area contributed by atoms with E-state index < -0.39 is 0 Å². The highest BCUT2D eigenvalue weighted by atomic mass is 32.1. The molecule has 1 aromatic carbocycles. The van der Waals surface area contributed by atoms with Crippen LogP contribution >= 0.6 is 11.3 Å². The van der Waals surface area contributed by atoms with Gasteiger partial charge in [0.1, 0.15) is 10.4 Å². The number of nitrogens with zero attached hydrogens (tertiary/aromatic N) is 4. The first-order valence-corrected chi connectivity index (χ1v) is 8.64. The van der Waals surface area contributed by atoms with Crippen LogP contribution in [-0.4, -0.2) is 24.7 Å². The Labute approximate surface area is 147 Å². The standard InChI is InChI=1S/C17H16N6OS/c1-10-11(2)25-14(20-10)9-18-17-21-15-13(16(24)22-17)8-19-23(15)12-6-4-3-5-7-12/h3-8H,9H2,1-2H3,(H2,18,21,22,24).